The van der Waals surface area contributed by atoms with Crippen LogP contribution in [-0.2, 0) is 0 Å². The molecule has 0 fully saturated rings. The van der Waals surface area contributed by atoms with Gasteiger partial charge in [-0.25, -0.2) is 0 Å². The first-order chi connectivity index (χ1) is 11.6. The average Bonchev–Trinajstić information content (AvgIpc) is 2.59. The van der Waals surface area contributed by atoms with E-state index in [0.29, 0.717) is 17.1 Å². The summed E-state index contributed by atoms with van der Waals surface area (Å²) in [7, 11) is 4.15. The fraction of sp³-hybridized carbons (Fsp3) is 0.316. The average molecular weight is 344 g/mol. The van der Waals surface area contributed by atoms with E-state index in [-0.39, 0.29) is 5.91 Å². The van der Waals surface area contributed by atoms with Gasteiger partial charge in [-0.2, -0.15) is 0 Å². The highest BCUT2D eigenvalue weighted by Gasteiger charge is 2.27. The van der Waals surface area contributed by atoms with Crippen molar-refractivity contribution >= 4 is 28.9 Å². The largest absolute Gasteiger partial charge is 0.367 e. The van der Waals surface area contributed by atoms with Crippen LogP contribution < -0.4 is 9.80 Å². The molecule has 0 saturated heterocycles. The lowest BCUT2D eigenvalue weighted by Gasteiger charge is -2.38. The highest BCUT2D eigenvalue weighted by molar-refractivity contribution is 6.30. The van der Waals surface area contributed by atoms with Crippen LogP contribution in [0.25, 0.3) is 0 Å². The van der Waals surface area contributed by atoms with Crippen molar-refractivity contribution in [1.29, 1.82) is 0 Å². The predicted octanol–water partition coefficient (Wildman–Crippen LogP) is 3.37. The molecule has 4 nitrogen and oxygen atoms in total. The summed E-state index contributed by atoms with van der Waals surface area (Å²) in [6, 6.07) is 15.2. The standard InChI is InChI=1S/C19H22ClN3O/c1-21(2)11-12-22-13-14-23(18-6-4-3-5-17(18)22)19(24)15-7-9-16(20)10-8-15/h3-10H,11-14H2,1-2H3. The van der Waals surface area contributed by atoms with E-state index in [9.17, 15) is 4.79 Å². The molecule has 0 N–H and O–H groups in total. The molecule has 126 valence electrons. The van der Waals surface area contributed by atoms with Gasteiger partial charge in [-0.3, -0.25) is 4.79 Å². The first-order valence-corrected chi connectivity index (χ1v) is 8.50. The molecule has 0 radical (unpaired) electrons. The Bertz CT molecular complexity index is 715. The van der Waals surface area contributed by atoms with E-state index in [4.69, 9.17) is 11.6 Å². The maximum atomic E-state index is 12.9. The van der Waals surface area contributed by atoms with Crippen LogP contribution >= 0.6 is 11.6 Å². The van der Waals surface area contributed by atoms with Crippen molar-refractivity contribution in [3.8, 4) is 0 Å². The first-order valence-electron chi connectivity index (χ1n) is 8.12. The molecule has 0 aliphatic carbocycles. The van der Waals surface area contributed by atoms with E-state index in [1.54, 1.807) is 24.3 Å². The van der Waals surface area contributed by atoms with Gasteiger partial charge >= 0.3 is 0 Å². The van der Waals surface area contributed by atoms with E-state index in [1.165, 1.54) is 0 Å². The van der Waals surface area contributed by atoms with Crippen LogP contribution in [0.1, 0.15) is 10.4 Å². The van der Waals surface area contributed by atoms with E-state index >= 15 is 0 Å². The number of carbonyl (C=O) groups is 1. The minimum absolute atomic E-state index is 0.0198. The summed E-state index contributed by atoms with van der Waals surface area (Å²) in [5, 5.41) is 0.639. The molecule has 1 aliphatic heterocycles. The minimum Gasteiger partial charge on any atom is -0.367 e. The zero-order chi connectivity index (χ0) is 17.1. The number of nitrogens with zero attached hydrogens (tertiary/aromatic N) is 3. The third-order valence-corrected chi connectivity index (χ3v) is 4.51. The lowest BCUT2D eigenvalue weighted by Crippen LogP contribution is -2.45. The molecule has 5 heteroatoms. The van der Waals surface area contributed by atoms with Crippen LogP contribution in [0.2, 0.25) is 5.02 Å². The molecule has 0 spiro atoms. The van der Waals surface area contributed by atoms with Gasteiger partial charge < -0.3 is 14.7 Å². The summed E-state index contributed by atoms with van der Waals surface area (Å²) in [5.74, 6) is 0.0198. The van der Waals surface area contributed by atoms with Crippen LogP contribution in [0, 0.1) is 0 Å². The highest BCUT2D eigenvalue weighted by Crippen LogP contribution is 2.33. The molecule has 3 rings (SSSR count). The Morgan fingerprint density at radius 1 is 1.04 bits per heavy atom. The molecule has 1 aliphatic rings. The van der Waals surface area contributed by atoms with Crippen molar-refractivity contribution in [1.82, 2.24) is 4.90 Å². The molecule has 1 heterocycles. The summed E-state index contributed by atoms with van der Waals surface area (Å²) < 4.78 is 0. The van der Waals surface area contributed by atoms with Crippen LogP contribution in [0.4, 0.5) is 11.4 Å². The number of anilines is 2. The van der Waals surface area contributed by atoms with E-state index in [1.807, 2.05) is 23.1 Å². The van der Waals surface area contributed by atoms with E-state index in [0.717, 1.165) is 31.0 Å². The minimum atomic E-state index is 0.0198. The number of hydrogen-bond donors (Lipinski definition) is 0. The number of amides is 1. The van der Waals surface area contributed by atoms with Gasteiger partial charge in [0.2, 0.25) is 0 Å². The van der Waals surface area contributed by atoms with Gasteiger partial charge in [-0.1, -0.05) is 23.7 Å². The fourth-order valence-corrected chi connectivity index (χ4v) is 3.06. The normalized spacial score (nSPS) is 14.0. The lowest BCUT2D eigenvalue weighted by molar-refractivity contribution is 0.0986. The van der Waals surface area contributed by atoms with Gasteiger partial charge in [0, 0.05) is 36.8 Å². The summed E-state index contributed by atoms with van der Waals surface area (Å²) in [6.45, 7) is 3.46. The quantitative estimate of drug-likeness (QED) is 0.851. The van der Waals surface area contributed by atoms with Gasteiger partial charge in [-0.15, -0.1) is 0 Å². The SMILES string of the molecule is CN(C)CCN1CCN(C(=O)c2ccc(Cl)cc2)c2ccccc21. The molecule has 0 bridgehead atoms. The van der Waals surface area contributed by atoms with Crippen molar-refractivity contribution < 1.29 is 4.79 Å². The van der Waals surface area contributed by atoms with Gasteiger partial charge in [-0.05, 0) is 50.5 Å². The molecule has 2 aromatic carbocycles. The smallest absolute Gasteiger partial charge is 0.258 e. The van der Waals surface area contributed by atoms with Gasteiger partial charge in [0.1, 0.15) is 0 Å². The maximum absolute atomic E-state index is 12.9. The Labute approximate surface area is 148 Å². The second-order valence-corrected chi connectivity index (χ2v) is 6.68. The maximum Gasteiger partial charge on any atom is 0.258 e. The Kier molecular flexibility index (Phi) is 5.07. The topological polar surface area (TPSA) is 26.8 Å². The molecule has 0 aromatic heterocycles. The summed E-state index contributed by atoms with van der Waals surface area (Å²) in [6.07, 6.45) is 0. The third-order valence-electron chi connectivity index (χ3n) is 4.26. The molecule has 24 heavy (non-hydrogen) atoms. The van der Waals surface area contributed by atoms with E-state index < -0.39 is 0 Å². The number of para-hydroxylation sites is 2. The van der Waals surface area contributed by atoms with Gasteiger partial charge in [0.25, 0.3) is 5.91 Å². The molecule has 0 saturated carbocycles. The number of hydrogen-bond acceptors (Lipinski definition) is 3. The Morgan fingerprint density at radius 2 is 1.71 bits per heavy atom. The van der Waals surface area contributed by atoms with Crippen LogP contribution in [0.5, 0.6) is 0 Å². The van der Waals surface area contributed by atoms with Crippen molar-refractivity contribution in [2.24, 2.45) is 0 Å². The molecule has 2 aromatic rings. The lowest BCUT2D eigenvalue weighted by atomic mass is 10.1. The molecular weight excluding hydrogens is 322 g/mol. The molecular formula is C19H22ClN3O. The summed E-state index contributed by atoms with van der Waals surface area (Å²) in [5.41, 5.74) is 2.76. The number of fused-ring (bicyclic) bond motifs is 1. The third kappa shape index (κ3) is 3.55. The zero-order valence-corrected chi connectivity index (χ0v) is 14.8. The Hall–Kier alpha value is -2.04. The van der Waals surface area contributed by atoms with Crippen LogP contribution in [-0.4, -0.2) is 51.1 Å². The van der Waals surface area contributed by atoms with E-state index in [2.05, 4.69) is 30.0 Å². The number of benzene rings is 2. The first kappa shape index (κ1) is 16.8. The van der Waals surface area contributed by atoms with Crippen molar-refractivity contribution in [2.75, 3.05) is 50.1 Å². The molecule has 1 amide bonds. The Balaban J connectivity index is 1.86. The van der Waals surface area contributed by atoms with Crippen molar-refractivity contribution in [3.05, 3.63) is 59.1 Å². The van der Waals surface area contributed by atoms with Gasteiger partial charge in [0.15, 0.2) is 0 Å². The molecule has 0 unspecified atom stereocenters. The summed E-state index contributed by atoms with van der Waals surface area (Å²) >= 11 is 5.93. The second-order valence-electron chi connectivity index (χ2n) is 6.24. The second kappa shape index (κ2) is 7.24. The summed E-state index contributed by atoms with van der Waals surface area (Å²) in [4.78, 5) is 19.3. The van der Waals surface area contributed by atoms with Gasteiger partial charge in [0.05, 0.1) is 11.4 Å². The van der Waals surface area contributed by atoms with Crippen LogP contribution in [0.15, 0.2) is 48.5 Å². The van der Waals surface area contributed by atoms with Crippen LogP contribution in [0.3, 0.4) is 0 Å². The zero-order valence-electron chi connectivity index (χ0n) is 14.1. The van der Waals surface area contributed by atoms with Crippen molar-refractivity contribution in [3.63, 3.8) is 0 Å². The number of carbonyl (C=O) groups excluding carboxylic acids is 1. The highest BCUT2D eigenvalue weighted by atomic mass is 35.5. The monoisotopic (exact) mass is 343 g/mol. The number of likely N-dealkylation sites (N-methyl/N-ethyl adjacent to an activating group) is 1. The predicted molar refractivity (Wildman–Crippen MR) is 100 cm³/mol. The number of rotatable bonds is 4. The Morgan fingerprint density at radius 3 is 2.38 bits per heavy atom. The van der Waals surface area contributed by atoms with Crippen molar-refractivity contribution in [2.45, 2.75) is 0 Å². The fourth-order valence-electron chi connectivity index (χ4n) is 2.93. The molecule has 0 atom stereocenters. The number of halogens is 1.